The van der Waals surface area contributed by atoms with Gasteiger partial charge in [0.05, 0.1) is 0 Å². The summed E-state index contributed by atoms with van der Waals surface area (Å²) in [5.74, 6) is -0.440. The lowest BCUT2D eigenvalue weighted by molar-refractivity contribution is -0.142. The molecule has 0 atom stereocenters. The number of allylic oxidation sites excluding steroid dienone is 1. The van der Waals surface area contributed by atoms with E-state index < -0.39 is 5.41 Å². The Hall–Kier alpha value is -1.32. The van der Waals surface area contributed by atoms with Crippen molar-refractivity contribution >= 4 is 11.8 Å². The molecule has 0 aliphatic heterocycles. The molecule has 0 unspecified atom stereocenters. The number of rotatable bonds is 5. The second kappa shape index (κ2) is 7.10. The van der Waals surface area contributed by atoms with Gasteiger partial charge in [-0.05, 0) is 66.7 Å². The fourth-order valence-corrected chi connectivity index (χ4v) is 2.29. The van der Waals surface area contributed by atoms with E-state index >= 15 is 0 Å². The number of carbonyl (C=O) groups excluding carboxylic acids is 2. The number of amides is 2. The average Bonchev–Trinajstić information content (AvgIpc) is 2.37. The maximum atomic E-state index is 12.2. The second-order valence-corrected chi connectivity index (χ2v) is 7.44. The Morgan fingerprint density at radius 2 is 1.76 bits per heavy atom. The van der Waals surface area contributed by atoms with E-state index in [1.54, 1.807) is 13.8 Å². The highest BCUT2D eigenvalue weighted by Crippen LogP contribution is 2.20. The summed E-state index contributed by atoms with van der Waals surface area (Å²) in [7, 11) is 0. The van der Waals surface area contributed by atoms with Gasteiger partial charge in [0, 0.05) is 12.1 Å². The van der Waals surface area contributed by atoms with E-state index in [0.29, 0.717) is 6.54 Å². The van der Waals surface area contributed by atoms with Crippen LogP contribution in [-0.2, 0) is 9.59 Å². The summed E-state index contributed by atoms with van der Waals surface area (Å²) in [6.07, 6.45) is 8.00. The van der Waals surface area contributed by atoms with E-state index in [4.69, 9.17) is 0 Å². The third kappa shape index (κ3) is 5.90. The van der Waals surface area contributed by atoms with Crippen LogP contribution in [0.25, 0.3) is 0 Å². The summed E-state index contributed by atoms with van der Waals surface area (Å²) in [6, 6.07) is 0. The summed E-state index contributed by atoms with van der Waals surface area (Å²) in [5.41, 5.74) is 0.0500. The summed E-state index contributed by atoms with van der Waals surface area (Å²) in [4.78, 5) is 24.4. The van der Waals surface area contributed by atoms with Crippen LogP contribution in [0.3, 0.4) is 0 Å². The van der Waals surface area contributed by atoms with Gasteiger partial charge >= 0.3 is 0 Å². The largest absolute Gasteiger partial charge is 0.355 e. The van der Waals surface area contributed by atoms with Crippen LogP contribution in [0.5, 0.6) is 0 Å². The van der Waals surface area contributed by atoms with Gasteiger partial charge in [-0.15, -0.1) is 0 Å². The predicted molar refractivity (Wildman–Crippen MR) is 85.9 cm³/mol. The zero-order valence-corrected chi connectivity index (χ0v) is 14.1. The van der Waals surface area contributed by atoms with Crippen molar-refractivity contribution in [2.45, 2.75) is 72.3 Å². The van der Waals surface area contributed by atoms with Crippen LogP contribution in [0.15, 0.2) is 11.6 Å². The van der Waals surface area contributed by atoms with Crippen molar-refractivity contribution in [3.8, 4) is 0 Å². The van der Waals surface area contributed by atoms with Crippen molar-refractivity contribution < 1.29 is 9.59 Å². The molecule has 1 aliphatic rings. The maximum absolute atomic E-state index is 12.2. The molecule has 4 nitrogen and oxygen atoms in total. The van der Waals surface area contributed by atoms with Gasteiger partial charge in [-0.2, -0.15) is 0 Å². The molecule has 0 aromatic rings. The quantitative estimate of drug-likeness (QED) is 0.605. The summed E-state index contributed by atoms with van der Waals surface area (Å²) in [6.45, 7) is 9.68. The van der Waals surface area contributed by atoms with E-state index in [2.05, 4.69) is 16.7 Å². The standard InChI is InChI=1S/C17H30N2O2/c1-16(2,3)19-15(21)17(4,5)14(20)18-12-11-13-9-7-6-8-10-13/h9H,6-8,10-12H2,1-5H3,(H,18,20)(H,19,21). The maximum Gasteiger partial charge on any atom is 0.235 e. The van der Waals surface area contributed by atoms with E-state index in [1.165, 1.54) is 18.4 Å². The van der Waals surface area contributed by atoms with Crippen LogP contribution in [0, 0.1) is 5.41 Å². The van der Waals surface area contributed by atoms with Gasteiger partial charge in [-0.3, -0.25) is 9.59 Å². The molecule has 2 N–H and O–H groups in total. The molecule has 0 aromatic heterocycles. The van der Waals surface area contributed by atoms with Gasteiger partial charge in [-0.25, -0.2) is 0 Å². The third-order valence-corrected chi connectivity index (χ3v) is 3.74. The molecule has 0 bridgehead atoms. The lowest BCUT2D eigenvalue weighted by Crippen LogP contribution is -2.53. The predicted octanol–water partition coefficient (Wildman–Crippen LogP) is 2.93. The lowest BCUT2D eigenvalue weighted by Gasteiger charge is -2.28. The zero-order valence-electron chi connectivity index (χ0n) is 14.1. The normalized spacial score (nSPS) is 16.1. The zero-order chi connectivity index (χ0) is 16.1. The number of carbonyl (C=O) groups is 2. The summed E-state index contributed by atoms with van der Waals surface area (Å²) in [5, 5.41) is 5.77. The molecule has 0 spiro atoms. The highest BCUT2D eigenvalue weighted by Gasteiger charge is 2.37. The van der Waals surface area contributed by atoms with Gasteiger partial charge in [-0.1, -0.05) is 11.6 Å². The van der Waals surface area contributed by atoms with Crippen LogP contribution < -0.4 is 10.6 Å². The van der Waals surface area contributed by atoms with Gasteiger partial charge < -0.3 is 10.6 Å². The number of nitrogens with one attached hydrogen (secondary N) is 2. The van der Waals surface area contributed by atoms with Crippen molar-refractivity contribution in [3.05, 3.63) is 11.6 Å². The van der Waals surface area contributed by atoms with Crippen molar-refractivity contribution in [2.24, 2.45) is 5.41 Å². The average molecular weight is 294 g/mol. The molecular weight excluding hydrogens is 264 g/mol. The molecule has 120 valence electrons. The Labute approximate surface area is 128 Å². The Balaban J connectivity index is 2.45. The second-order valence-electron chi connectivity index (χ2n) is 7.44. The van der Waals surface area contributed by atoms with Crippen molar-refractivity contribution in [2.75, 3.05) is 6.54 Å². The molecule has 0 fully saturated rings. The molecule has 1 aliphatic carbocycles. The van der Waals surface area contributed by atoms with Crippen molar-refractivity contribution in [3.63, 3.8) is 0 Å². The Bertz CT molecular complexity index is 417. The summed E-state index contributed by atoms with van der Waals surface area (Å²) < 4.78 is 0. The van der Waals surface area contributed by atoms with Gasteiger partial charge in [0.1, 0.15) is 5.41 Å². The highest BCUT2D eigenvalue weighted by atomic mass is 16.2. The molecule has 0 saturated carbocycles. The van der Waals surface area contributed by atoms with Crippen molar-refractivity contribution in [1.29, 1.82) is 0 Å². The van der Waals surface area contributed by atoms with E-state index in [9.17, 15) is 9.59 Å². The monoisotopic (exact) mass is 294 g/mol. The van der Waals surface area contributed by atoms with Crippen molar-refractivity contribution in [1.82, 2.24) is 10.6 Å². The first-order chi connectivity index (χ1) is 9.63. The Morgan fingerprint density at radius 3 is 2.29 bits per heavy atom. The number of hydrogen-bond acceptors (Lipinski definition) is 2. The fraction of sp³-hybridized carbons (Fsp3) is 0.765. The van der Waals surface area contributed by atoms with E-state index in [0.717, 1.165) is 19.3 Å². The molecule has 21 heavy (non-hydrogen) atoms. The van der Waals surface area contributed by atoms with E-state index in [-0.39, 0.29) is 17.4 Å². The SMILES string of the molecule is CC(C)(C)NC(=O)C(C)(C)C(=O)NCCC1=CCCCC1. The molecule has 2 amide bonds. The fourth-order valence-electron chi connectivity index (χ4n) is 2.29. The van der Waals surface area contributed by atoms with Gasteiger partial charge in [0.25, 0.3) is 0 Å². The van der Waals surface area contributed by atoms with E-state index in [1.807, 2.05) is 20.8 Å². The number of hydrogen-bond donors (Lipinski definition) is 2. The van der Waals surface area contributed by atoms with Gasteiger partial charge in [0.15, 0.2) is 0 Å². The molecule has 0 aromatic carbocycles. The first kappa shape index (κ1) is 17.7. The smallest absolute Gasteiger partial charge is 0.235 e. The van der Waals surface area contributed by atoms with Crippen LogP contribution in [0.2, 0.25) is 0 Å². The molecule has 4 heteroatoms. The highest BCUT2D eigenvalue weighted by molar-refractivity contribution is 6.04. The van der Waals surface area contributed by atoms with Crippen LogP contribution >= 0.6 is 0 Å². The Morgan fingerprint density at radius 1 is 1.10 bits per heavy atom. The third-order valence-electron chi connectivity index (χ3n) is 3.74. The lowest BCUT2D eigenvalue weighted by atomic mass is 9.89. The molecule has 0 heterocycles. The minimum absolute atomic E-state index is 0.208. The first-order valence-corrected chi connectivity index (χ1v) is 7.92. The van der Waals surface area contributed by atoms with Crippen LogP contribution in [0.4, 0.5) is 0 Å². The Kier molecular flexibility index (Phi) is 5.99. The molecule has 1 rings (SSSR count). The molecule has 0 radical (unpaired) electrons. The summed E-state index contributed by atoms with van der Waals surface area (Å²) >= 11 is 0. The molecule has 0 saturated heterocycles. The minimum Gasteiger partial charge on any atom is -0.355 e. The minimum atomic E-state index is -1.05. The van der Waals surface area contributed by atoms with Gasteiger partial charge in [0.2, 0.25) is 11.8 Å². The molecular formula is C17H30N2O2. The topological polar surface area (TPSA) is 58.2 Å². The van der Waals surface area contributed by atoms with Crippen LogP contribution in [0.1, 0.15) is 66.7 Å². The van der Waals surface area contributed by atoms with Crippen LogP contribution in [-0.4, -0.2) is 23.9 Å². The first-order valence-electron chi connectivity index (χ1n) is 7.92.